The summed E-state index contributed by atoms with van der Waals surface area (Å²) >= 11 is 1.89. The van der Waals surface area contributed by atoms with Gasteiger partial charge in [0.15, 0.2) is 0 Å². The molecule has 0 unspecified atom stereocenters. The maximum absolute atomic E-state index is 3.40. The highest BCUT2D eigenvalue weighted by atomic mass is 32.1. The second-order valence-corrected chi connectivity index (χ2v) is 5.40. The monoisotopic (exact) mass is 231 g/mol. The predicted molar refractivity (Wildman–Crippen MR) is 69.1 cm³/mol. The molecule has 1 aromatic carbocycles. The van der Waals surface area contributed by atoms with Crippen molar-refractivity contribution in [2.24, 2.45) is 0 Å². The van der Waals surface area contributed by atoms with E-state index in [0.29, 0.717) is 0 Å². The summed E-state index contributed by atoms with van der Waals surface area (Å²) in [6.45, 7) is 4.32. The van der Waals surface area contributed by atoms with E-state index < -0.39 is 0 Å². The summed E-state index contributed by atoms with van der Waals surface area (Å²) in [6.07, 6.45) is 1.01. The van der Waals surface area contributed by atoms with Gasteiger partial charge in [-0.1, -0.05) is 18.2 Å². The van der Waals surface area contributed by atoms with Crippen LogP contribution in [0.4, 0.5) is 0 Å². The van der Waals surface area contributed by atoms with Crippen molar-refractivity contribution >= 4 is 27.3 Å². The third-order valence-corrected chi connectivity index (χ3v) is 4.18. The highest BCUT2D eigenvalue weighted by Gasteiger charge is 2.17. The molecular weight excluding hydrogens is 216 g/mol. The Balaban J connectivity index is 2.04. The first-order valence-corrected chi connectivity index (χ1v) is 6.47. The molecule has 0 amide bonds. The molecule has 82 valence electrons. The van der Waals surface area contributed by atoms with E-state index in [4.69, 9.17) is 0 Å². The fraction of sp³-hybridized carbons (Fsp3) is 0.308. The zero-order valence-corrected chi connectivity index (χ0v) is 10.2. The highest BCUT2D eigenvalue weighted by Crippen LogP contribution is 2.30. The minimum Gasteiger partial charge on any atom is -0.274 e. The van der Waals surface area contributed by atoms with Crippen LogP contribution in [0, 0.1) is 6.92 Å². The molecule has 2 aromatic rings. The van der Waals surface area contributed by atoms with E-state index >= 15 is 0 Å². The molecule has 0 bridgehead atoms. The third-order valence-electron chi connectivity index (χ3n) is 3.06. The van der Waals surface area contributed by atoms with Crippen molar-refractivity contribution in [1.29, 1.82) is 0 Å². The number of amidine groups is 1. The van der Waals surface area contributed by atoms with Crippen molar-refractivity contribution in [3.8, 4) is 0 Å². The van der Waals surface area contributed by atoms with Crippen LogP contribution in [0.1, 0.15) is 10.4 Å². The summed E-state index contributed by atoms with van der Waals surface area (Å²) in [5.41, 5.74) is 1.47. The Hall–Kier alpha value is -1.35. The lowest BCUT2D eigenvalue weighted by Crippen LogP contribution is -2.71. The van der Waals surface area contributed by atoms with Crippen LogP contribution < -0.4 is 10.3 Å². The Labute approximate surface area is 99.0 Å². The van der Waals surface area contributed by atoms with Gasteiger partial charge in [0.25, 0.3) is 0 Å². The van der Waals surface area contributed by atoms with Gasteiger partial charge in [0.2, 0.25) is 5.84 Å². The second kappa shape index (κ2) is 3.91. The summed E-state index contributed by atoms with van der Waals surface area (Å²) in [5.74, 6) is 1.27. The van der Waals surface area contributed by atoms with Crippen molar-refractivity contribution in [3.05, 3.63) is 34.7 Å². The summed E-state index contributed by atoms with van der Waals surface area (Å²) in [4.78, 5) is 4.83. The smallest absolute Gasteiger partial charge is 0.247 e. The van der Waals surface area contributed by atoms with E-state index in [1.54, 1.807) is 0 Å². The SMILES string of the molecule is Cc1sc2ccccc2c1CC1=[NH+]CCN1. The molecule has 0 spiro atoms. The number of nitrogens with one attached hydrogen (secondary N) is 2. The Morgan fingerprint density at radius 1 is 1.38 bits per heavy atom. The molecule has 16 heavy (non-hydrogen) atoms. The molecule has 1 aliphatic heterocycles. The van der Waals surface area contributed by atoms with Gasteiger partial charge in [-0.2, -0.15) is 0 Å². The summed E-state index contributed by atoms with van der Waals surface area (Å²) in [5, 5.41) is 4.81. The fourth-order valence-electron chi connectivity index (χ4n) is 2.23. The van der Waals surface area contributed by atoms with Gasteiger partial charge in [0.1, 0.15) is 13.1 Å². The van der Waals surface area contributed by atoms with Crippen LogP contribution in [0.15, 0.2) is 24.3 Å². The molecule has 1 aromatic heterocycles. The van der Waals surface area contributed by atoms with Crippen molar-refractivity contribution in [3.63, 3.8) is 0 Å². The average molecular weight is 231 g/mol. The van der Waals surface area contributed by atoms with Gasteiger partial charge >= 0.3 is 0 Å². The van der Waals surface area contributed by atoms with E-state index in [2.05, 4.69) is 41.5 Å². The van der Waals surface area contributed by atoms with Gasteiger partial charge < -0.3 is 0 Å². The third kappa shape index (κ3) is 1.61. The van der Waals surface area contributed by atoms with Gasteiger partial charge in [0.05, 0.1) is 6.42 Å². The van der Waals surface area contributed by atoms with Gasteiger partial charge in [-0.25, -0.2) is 0 Å². The lowest BCUT2D eigenvalue weighted by molar-refractivity contribution is -0.445. The van der Waals surface area contributed by atoms with E-state index in [9.17, 15) is 0 Å². The minimum atomic E-state index is 1.01. The number of hydrogen-bond donors (Lipinski definition) is 2. The first kappa shape index (κ1) is 9.85. The predicted octanol–water partition coefficient (Wildman–Crippen LogP) is 0.835. The van der Waals surface area contributed by atoms with Crippen LogP contribution in [0.2, 0.25) is 0 Å². The molecule has 0 saturated carbocycles. The Morgan fingerprint density at radius 3 is 3.06 bits per heavy atom. The van der Waals surface area contributed by atoms with Gasteiger partial charge in [-0.15, -0.1) is 11.3 Å². The lowest BCUT2D eigenvalue weighted by Gasteiger charge is -1.98. The van der Waals surface area contributed by atoms with Crippen molar-refractivity contribution in [2.75, 3.05) is 13.1 Å². The van der Waals surface area contributed by atoms with E-state index in [1.165, 1.54) is 26.4 Å². The zero-order valence-electron chi connectivity index (χ0n) is 9.34. The first-order chi connectivity index (χ1) is 7.84. The summed E-state index contributed by atoms with van der Waals surface area (Å²) in [7, 11) is 0. The molecule has 0 fully saturated rings. The van der Waals surface area contributed by atoms with Crippen molar-refractivity contribution in [2.45, 2.75) is 13.3 Å². The zero-order chi connectivity index (χ0) is 11.0. The van der Waals surface area contributed by atoms with E-state index in [-0.39, 0.29) is 0 Å². The average Bonchev–Trinajstić information content (AvgIpc) is 2.89. The summed E-state index contributed by atoms with van der Waals surface area (Å²) < 4.78 is 1.40. The molecule has 0 saturated heterocycles. The van der Waals surface area contributed by atoms with E-state index in [1.807, 2.05) is 11.3 Å². The van der Waals surface area contributed by atoms with Crippen LogP contribution in [0.25, 0.3) is 10.1 Å². The molecule has 2 nitrogen and oxygen atoms in total. The number of rotatable bonds is 2. The standard InChI is InChI=1S/C13H14N2S/c1-9-11(8-13-14-6-7-15-13)10-4-2-3-5-12(10)16-9/h2-5H,6-8H2,1H3,(H,14,15)/p+1. The van der Waals surface area contributed by atoms with Gasteiger partial charge in [-0.3, -0.25) is 10.3 Å². The highest BCUT2D eigenvalue weighted by molar-refractivity contribution is 7.19. The number of hydrogen-bond acceptors (Lipinski definition) is 2. The lowest BCUT2D eigenvalue weighted by atomic mass is 10.1. The van der Waals surface area contributed by atoms with Crippen LogP contribution in [-0.4, -0.2) is 18.9 Å². The second-order valence-electron chi connectivity index (χ2n) is 4.14. The Kier molecular flexibility index (Phi) is 2.40. The normalized spacial score (nSPS) is 15.2. The molecule has 0 atom stereocenters. The topological polar surface area (TPSA) is 26.0 Å². The number of aryl methyl sites for hydroxylation is 1. The van der Waals surface area contributed by atoms with Crippen molar-refractivity contribution in [1.82, 2.24) is 5.32 Å². The molecule has 1 aliphatic rings. The van der Waals surface area contributed by atoms with Crippen LogP contribution in [0.3, 0.4) is 0 Å². The molecule has 3 heteroatoms. The van der Waals surface area contributed by atoms with Crippen LogP contribution >= 0.6 is 11.3 Å². The minimum absolute atomic E-state index is 1.01. The quantitative estimate of drug-likeness (QED) is 0.787. The van der Waals surface area contributed by atoms with Crippen molar-refractivity contribution < 1.29 is 4.99 Å². The maximum Gasteiger partial charge on any atom is 0.247 e. The fourth-order valence-corrected chi connectivity index (χ4v) is 3.31. The Morgan fingerprint density at radius 2 is 2.25 bits per heavy atom. The Bertz CT molecular complexity index is 554. The number of benzene rings is 1. The molecule has 2 heterocycles. The van der Waals surface area contributed by atoms with Crippen LogP contribution in [-0.2, 0) is 6.42 Å². The molecule has 2 N–H and O–H groups in total. The molecule has 3 rings (SSSR count). The largest absolute Gasteiger partial charge is 0.274 e. The van der Waals surface area contributed by atoms with Gasteiger partial charge in [-0.05, 0) is 23.9 Å². The summed E-state index contributed by atoms with van der Waals surface area (Å²) in [6, 6.07) is 8.67. The number of fused-ring (bicyclic) bond motifs is 1. The van der Waals surface area contributed by atoms with Gasteiger partial charge in [0, 0.05) is 9.58 Å². The van der Waals surface area contributed by atoms with E-state index in [0.717, 1.165) is 19.5 Å². The first-order valence-electron chi connectivity index (χ1n) is 5.65. The molecule has 0 aliphatic carbocycles. The van der Waals surface area contributed by atoms with Crippen LogP contribution in [0.5, 0.6) is 0 Å². The number of thiophene rings is 1. The molecule has 0 radical (unpaired) electrons. The molecular formula is C13H15N2S+. The maximum atomic E-state index is 3.40.